The molecule has 0 N–H and O–H groups in total. The normalized spacial score (nSPS) is 16.3. The van der Waals surface area contributed by atoms with Crippen LogP contribution in [-0.2, 0) is 0 Å². The van der Waals surface area contributed by atoms with Crippen molar-refractivity contribution in [3.63, 3.8) is 0 Å². The van der Waals surface area contributed by atoms with E-state index in [1.807, 2.05) is 0 Å². The minimum atomic E-state index is -2.69. The number of carbonyl (C=O) groups excluding carboxylic acids is 1. The molecule has 136 valence electrons. The number of carbonyl (C=O) groups is 1. The molecule has 27 heavy (non-hydrogen) atoms. The number of aromatic nitrogens is 3. The molecule has 0 unspecified atom stereocenters. The first-order chi connectivity index (χ1) is 13.0. The smallest absolute Gasteiger partial charge is 0.253 e. The van der Waals surface area contributed by atoms with E-state index >= 15 is 0 Å². The summed E-state index contributed by atoms with van der Waals surface area (Å²) in [6.07, 6.45) is -0.619. The average molecular weight is 367 g/mol. The largest absolute Gasteiger partial charge is 0.338 e. The lowest BCUT2D eigenvalue weighted by atomic mass is 10.1. The molecule has 1 saturated heterocycles. The average Bonchev–Trinajstić information content (AvgIpc) is 3.10. The highest BCUT2D eigenvalue weighted by Gasteiger charge is 2.35. The number of piperidine rings is 1. The number of likely N-dealkylation sites (tertiary alicyclic amines) is 1. The van der Waals surface area contributed by atoms with Crippen molar-refractivity contribution in [1.82, 2.24) is 19.9 Å². The molecule has 0 radical (unpaired) electrons. The molecule has 0 spiro atoms. The fraction of sp³-hybridized carbons (Fsp3) is 0.263. The van der Waals surface area contributed by atoms with Crippen molar-refractivity contribution in [1.29, 1.82) is 5.26 Å². The number of fused-ring (bicyclic) bond motifs is 1. The lowest BCUT2D eigenvalue weighted by Gasteiger charge is -2.31. The predicted molar refractivity (Wildman–Crippen MR) is 93.7 cm³/mol. The van der Waals surface area contributed by atoms with Crippen molar-refractivity contribution < 1.29 is 13.6 Å². The molecule has 8 heteroatoms. The topological polar surface area (TPSA) is 74.8 Å². The number of amides is 1. The Hall–Kier alpha value is -3.34. The molecular weight excluding hydrogens is 352 g/mol. The second-order valence-corrected chi connectivity index (χ2v) is 6.51. The van der Waals surface area contributed by atoms with Gasteiger partial charge in [0.2, 0.25) is 0 Å². The number of nitrogens with zero attached hydrogens (tertiary/aromatic N) is 5. The van der Waals surface area contributed by atoms with Gasteiger partial charge in [-0.05, 0) is 42.5 Å². The highest BCUT2D eigenvalue weighted by Crippen LogP contribution is 2.28. The molecule has 1 amide bonds. The number of hydrogen-bond donors (Lipinski definition) is 0. The Labute approximate surface area is 153 Å². The Balaban J connectivity index is 1.60. The molecule has 0 aliphatic carbocycles. The SMILES string of the molecule is N#Cc1ccc(-n2nnc3cc(C(=O)N4CCC(F)(F)CC4)ccc32)cc1. The number of nitriles is 1. The van der Waals surface area contributed by atoms with Crippen LogP contribution in [0.4, 0.5) is 8.78 Å². The van der Waals surface area contributed by atoms with E-state index in [1.165, 1.54) is 4.90 Å². The van der Waals surface area contributed by atoms with Gasteiger partial charge in [-0.1, -0.05) is 5.21 Å². The molecule has 4 rings (SSSR count). The van der Waals surface area contributed by atoms with Crippen molar-refractivity contribution in [2.24, 2.45) is 0 Å². The van der Waals surface area contributed by atoms with Crippen molar-refractivity contribution in [3.05, 3.63) is 53.6 Å². The van der Waals surface area contributed by atoms with Gasteiger partial charge in [-0.2, -0.15) is 5.26 Å². The van der Waals surface area contributed by atoms with E-state index in [4.69, 9.17) is 5.26 Å². The summed E-state index contributed by atoms with van der Waals surface area (Å²) >= 11 is 0. The molecule has 2 heterocycles. The Morgan fingerprint density at radius 1 is 1.11 bits per heavy atom. The first-order valence-electron chi connectivity index (χ1n) is 8.50. The van der Waals surface area contributed by atoms with Crippen LogP contribution in [0.1, 0.15) is 28.8 Å². The van der Waals surface area contributed by atoms with Gasteiger partial charge in [0.25, 0.3) is 11.8 Å². The first kappa shape index (κ1) is 17.1. The Morgan fingerprint density at radius 3 is 2.48 bits per heavy atom. The monoisotopic (exact) mass is 367 g/mol. The van der Waals surface area contributed by atoms with Crippen LogP contribution in [0.5, 0.6) is 0 Å². The summed E-state index contributed by atoms with van der Waals surface area (Å²) in [5.74, 6) is -2.97. The molecule has 1 aliphatic heterocycles. The van der Waals surface area contributed by atoms with Crippen LogP contribution in [0.3, 0.4) is 0 Å². The zero-order valence-electron chi connectivity index (χ0n) is 14.3. The van der Waals surface area contributed by atoms with Gasteiger partial charge in [0.15, 0.2) is 0 Å². The van der Waals surface area contributed by atoms with Gasteiger partial charge in [-0.15, -0.1) is 5.10 Å². The van der Waals surface area contributed by atoms with E-state index in [1.54, 1.807) is 47.1 Å². The number of halogens is 2. The highest BCUT2D eigenvalue weighted by atomic mass is 19.3. The third-order valence-corrected chi connectivity index (χ3v) is 4.72. The van der Waals surface area contributed by atoms with E-state index in [-0.39, 0.29) is 31.8 Å². The third-order valence-electron chi connectivity index (χ3n) is 4.72. The number of benzene rings is 2. The molecule has 0 saturated carbocycles. The van der Waals surface area contributed by atoms with Crippen molar-refractivity contribution in [2.45, 2.75) is 18.8 Å². The van der Waals surface area contributed by atoms with Gasteiger partial charge in [0.05, 0.1) is 22.8 Å². The van der Waals surface area contributed by atoms with E-state index in [0.717, 1.165) is 5.69 Å². The molecule has 3 aromatic rings. The van der Waals surface area contributed by atoms with Crippen LogP contribution < -0.4 is 0 Å². The third kappa shape index (κ3) is 3.24. The summed E-state index contributed by atoms with van der Waals surface area (Å²) in [6.45, 7) is 0.0869. The lowest BCUT2D eigenvalue weighted by Crippen LogP contribution is -2.42. The Kier molecular flexibility index (Phi) is 4.07. The number of rotatable bonds is 2. The quantitative estimate of drug-likeness (QED) is 0.697. The molecule has 1 aliphatic rings. The van der Waals surface area contributed by atoms with Crippen LogP contribution in [0.25, 0.3) is 16.7 Å². The maximum absolute atomic E-state index is 13.3. The zero-order chi connectivity index (χ0) is 19.0. The van der Waals surface area contributed by atoms with E-state index in [0.29, 0.717) is 22.2 Å². The van der Waals surface area contributed by atoms with Gasteiger partial charge in [0.1, 0.15) is 5.52 Å². The maximum atomic E-state index is 13.3. The summed E-state index contributed by atoms with van der Waals surface area (Å²) in [5, 5.41) is 17.1. The molecule has 2 aromatic carbocycles. The zero-order valence-corrected chi connectivity index (χ0v) is 14.3. The van der Waals surface area contributed by atoms with Gasteiger partial charge in [-0.3, -0.25) is 4.79 Å². The molecule has 0 atom stereocenters. The summed E-state index contributed by atoms with van der Waals surface area (Å²) < 4.78 is 28.2. The minimum absolute atomic E-state index is 0.0435. The molecule has 1 fully saturated rings. The minimum Gasteiger partial charge on any atom is -0.338 e. The molecular formula is C19H15F2N5O. The van der Waals surface area contributed by atoms with Crippen LogP contribution in [0.15, 0.2) is 42.5 Å². The fourth-order valence-electron chi connectivity index (χ4n) is 3.14. The van der Waals surface area contributed by atoms with Gasteiger partial charge in [-0.25, -0.2) is 13.5 Å². The second-order valence-electron chi connectivity index (χ2n) is 6.51. The molecule has 0 bridgehead atoms. The summed E-state index contributed by atoms with van der Waals surface area (Å²) in [4.78, 5) is 14.0. The number of alkyl halides is 2. The molecule has 1 aromatic heterocycles. The van der Waals surface area contributed by atoms with Gasteiger partial charge in [0, 0.05) is 31.5 Å². The van der Waals surface area contributed by atoms with Crippen molar-refractivity contribution >= 4 is 16.9 Å². The first-order valence-corrected chi connectivity index (χ1v) is 8.50. The fourth-order valence-corrected chi connectivity index (χ4v) is 3.14. The number of hydrogen-bond acceptors (Lipinski definition) is 4. The second kappa shape index (κ2) is 6.43. The summed E-state index contributed by atoms with van der Waals surface area (Å²) in [6, 6.07) is 14.0. The Bertz CT molecular complexity index is 1040. The van der Waals surface area contributed by atoms with E-state index < -0.39 is 5.92 Å². The van der Waals surface area contributed by atoms with Gasteiger partial charge < -0.3 is 4.90 Å². The standard InChI is InChI=1S/C19H15F2N5O/c20-19(21)7-9-25(10-8-19)18(27)14-3-6-17-16(11-14)23-24-26(17)15-4-1-13(12-22)2-5-15/h1-6,11H,7-10H2. The predicted octanol–water partition coefficient (Wildman–Crippen LogP) is 3.16. The maximum Gasteiger partial charge on any atom is 0.253 e. The van der Waals surface area contributed by atoms with E-state index in [9.17, 15) is 13.6 Å². The summed E-state index contributed by atoms with van der Waals surface area (Å²) in [5.41, 5.74) is 2.94. The van der Waals surface area contributed by atoms with Crippen LogP contribution in [-0.4, -0.2) is 44.8 Å². The molecule has 6 nitrogen and oxygen atoms in total. The van der Waals surface area contributed by atoms with E-state index in [2.05, 4.69) is 16.4 Å². The van der Waals surface area contributed by atoms with Crippen LogP contribution in [0, 0.1) is 11.3 Å². The van der Waals surface area contributed by atoms with Crippen molar-refractivity contribution in [2.75, 3.05) is 13.1 Å². The Morgan fingerprint density at radius 2 is 1.81 bits per heavy atom. The van der Waals surface area contributed by atoms with Crippen molar-refractivity contribution in [3.8, 4) is 11.8 Å². The van der Waals surface area contributed by atoms with Crippen LogP contribution >= 0.6 is 0 Å². The van der Waals surface area contributed by atoms with Crippen LogP contribution in [0.2, 0.25) is 0 Å². The lowest BCUT2D eigenvalue weighted by molar-refractivity contribution is -0.0494. The highest BCUT2D eigenvalue weighted by molar-refractivity contribution is 5.97. The van der Waals surface area contributed by atoms with Gasteiger partial charge >= 0.3 is 0 Å². The summed E-state index contributed by atoms with van der Waals surface area (Å²) in [7, 11) is 0.